The Morgan fingerprint density at radius 2 is 2.13 bits per heavy atom. The highest BCUT2D eigenvalue weighted by atomic mass is 35.5. The molecule has 0 spiro atoms. The monoisotopic (exact) mass is 238 g/mol. The normalized spacial score (nSPS) is 10.5. The number of aryl methyl sites for hydroxylation is 1. The lowest BCUT2D eigenvalue weighted by molar-refractivity contribution is 0.671. The van der Waals surface area contributed by atoms with Crippen LogP contribution in [-0.2, 0) is 6.54 Å². The zero-order valence-corrected chi connectivity index (χ0v) is 9.90. The molecule has 0 aliphatic carbocycles. The zero-order chi connectivity index (χ0) is 10.8. The van der Waals surface area contributed by atoms with Gasteiger partial charge in [-0.25, -0.2) is 0 Å². The summed E-state index contributed by atoms with van der Waals surface area (Å²) in [5.41, 5.74) is 2.13. The van der Waals surface area contributed by atoms with E-state index in [1.807, 2.05) is 41.9 Å². The molecule has 0 amide bonds. The van der Waals surface area contributed by atoms with E-state index in [9.17, 15) is 0 Å². The van der Waals surface area contributed by atoms with Crippen LogP contribution in [0.3, 0.4) is 0 Å². The lowest BCUT2D eigenvalue weighted by Gasteiger charge is -2.05. The third-order valence-electron chi connectivity index (χ3n) is 2.20. The van der Waals surface area contributed by atoms with Crippen molar-refractivity contribution >= 4 is 23.8 Å². The molecule has 1 aromatic carbocycles. The minimum Gasteiger partial charge on any atom is -0.302 e. The van der Waals surface area contributed by atoms with E-state index in [4.69, 9.17) is 23.8 Å². The number of nitrogens with zero attached hydrogens (tertiary/aromatic N) is 1. The van der Waals surface area contributed by atoms with Crippen LogP contribution in [0.2, 0.25) is 5.02 Å². The molecule has 1 N–H and O–H groups in total. The number of aromatic nitrogens is 2. The maximum absolute atomic E-state index is 6.07. The number of hydrogen-bond acceptors (Lipinski definition) is 1. The molecule has 0 aliphatic heterocycles. The summed E-state index contributed by atoms with van der Waals surface area (Å²) < 4.78 is 2.71. The highest BCUT2D eigenvalue weighted by Gasteiger charge is 2.01. The molecule has 2 nitrogen and oxygen atoms in total. The summed E-state index contributed by atoms with van der Waals surface area (Å²) in [5, 5.41) is 3.94. The van der Waals surface area contributed by atoms with Crippen molar-refractivity contribution in [1.82, 2.24) is 9.78 Å². The average molecular weight is 239 g/mol. The lowest BCUT2D eigenvalue weighted by Crippen LogP contribution is -2.02. The summed E-state index contributed by atoms with van der Waals surface area (Å²) in [4.78, 5) is 0. The van der Waals surface area contributed by atoms with Crippen molar-refractivity contribution in [2.24, 2.45) is 0 Å². The first-order valence-corrected chi connectivity index (χ1v) is 5.45. The van der Waals surface area contributed by atoms with Crippen molar-refractivity contribution in [3.63, 3.8) is 0 Å². The molecule has 0 radical (unpaired) electrons. The summed E-state index contributed by atoms with van der Waals surface area (Å²) in [6.45, 7) is 2.67. The van der Waals surface area contributed by atoms with E-state index in [0.717, 1.165) is 20.9 Å². The van der Waals surface area contributed by atoms with Gasteiger partial charge < -0.3 is 5.10 Å². The van der Waals surface area contributed by atoms with Crippen molar-refractivity contribution < 1.29 is 0 Å². The van der Waals surface area contributed by atoms with Gasteiger partial charge in [-0.05, 0) is 24.6 Å². The van der Waals surface area contributed by atoms with E-state index in [1.54, 1.807) is 0 Å². The fourth-order valence-electron chi connectivity index (χ4n) is 1.48. The van der Waals surface area contributed by atoms with Gasteiger partial charge >= 0.3 is 0 Å². The number of hydrogen-bond donors (Lipinski definition) is 1. The molecule has 4 heteroatoms. The molecule has 0 unspecified atom stereocenters. The Kier molecular flexibility index (Phi) is 2.93. The molecule has 0 fully saturated rings. The first-order valence-electron chi connectivity index (χ1n) is 4.66. The Bertz CT molecular complexity index is 527. The van der Waals surface area contributed by atoms with Crippen LogP contribution >= 0.6 is 23.8 Å². The number of aromatic amines is 1. The maximum Gasteiger partial charge on any atom is 0.122 e. The minimum absolute atomic E-state index is 0.687. The van der Waals surface area contributed by atoms with Crippen LogP contribution < -0.4 is 0 Å². The second-order valence-electron chi connectivity index (χ2n) is 3.45. The fourth-order valence-corrected chi connectivity index (χ4v) is 1.96. The van der Waals surface area contributed by atoms with Crippen molar-refractivity contribution in [1.29, 1.82) is 0 Å². The second kappa shape index (κ2) is 4.21. The van der Waals surface area contributed by atoms with Gasteiger partial charge in [-0.15, -0.1) is 0 Å². The molecule has 2 rings (SSSR count). The Labute approximate surface area is 98.5 Å². The third kappa shape index (κ3) is 2.30. The predicted octanol–water partition coefficient (Wildman–Crippen LogP) is 3.56. The van der Waals surface area contributed by atoms with E-state index in [0.29, 0.717) is 6.54 Å². The summed E-state index contributed by atoms with van der Waals surface area (Å²) in [6.07, 6.45) is 0. The van der Waals surface area contributed by atoms with Gasteiger partial charge in [-0.3, -0.25) is 4.68 Å². The topological polar surface area (TPSA) is 20.7 Å². The average Bonchev–Trinajstić information content (AvgIpc) is 2.49. The molecule has 0 saturated heterocycles. The van der Waals surface area contributed by atoms with Gasteiger partial charge in [0.15, 0.2) is 0 Å². The van der Waals surface area contributed by atoms with Gasteiger partial charge in [-0.1, -0.05) is 42.0 Å². The van der Waals surface area contributed by atoms with Crippen LogP contribution in [0, 0.1) is 11.6 Å². The van der Waals surface area contributed by atoms with Gasteiger partial charge in [0.05, 0.1) is 6.54 Å². The Hall–Kier alpha value is -1.06. The lowest BCUT2D eigenvalue weighted by atomic mass is 10.2. The molecule has 78 valence electrons. The van der Waals surface area contributed by atoms with E-state index >= 15 is 0 Å². The number of H-pyrrole nitrogens is 1. The molecule has 0 saturated carbocycles. The van der Waals surface area contributed by atoms with Crippen LogP contribution in [0.25, 0.3) is 0 Å². The first kappa shape index (κ1) is 10.5. The molecule has 1 heterocycles. The zero-order valence-electron chi connectivity index (χ0n) is 8.33. The fraction of sp³-hybridized carbons (Fsp3) is 0.182. The van der Waals surface area contributed by atoms with Gasteiger partial charge in [0.1, 0.15) is 4.64 Å². The maximum atomic E-state index is 6.07. The largest absolute Gasteiger partial charge is 0.302 e. The molecular weight excluding hydrogens is 228 g/mol. The molecule has 0 aliphatic rings. The van der Waals surface area contributed by atoms with Gasteiger partial charge in [0, 0.05) is 10.7 Å². The Balaban J connectivity index is 2.34. The van der Waals surface area contributed by atoms with Crippen molar-refractivity contribution in [2.45, 2.75) is 13.5 Å². The SMILES string of the molecule is Cc1cc(=S)n(Cc2ccccc2Cl)[nH]1. The highest BCUT2D eigenvalue weighted by Crippen LogP contribution is 2.16. The van der Waals surface area contributed by atoms with Crippen molar-refractivity contribution in [3.8, 4) is 0 Å². The van der Waals surface area contributed by atoms with E-state index < -0.39 is 0 Å². The number of rotatable bonds is 2. The van der Waals surface area contributed by atoms with E-state index in [2.05, 4.69) is 5.10 Å². The number of nitrogens with one attached hydrogen (secondary N) is 1. The van der Waals surface area contributed by atoms with Gasteiger partial charge in [-0.2, -0.15) is 0 Å². The Morgan fingerprint density at radius 1 is 1.40 bits per heavy atom. The Morgan fingerprint density at radius 3 is 2.73 bits per heavy atom. The van der Waals surface area contributed by atoms with Gasteiger partial charge in [0.2, 0.25) is 0 Å². The van der Waals surface area contributed by atoms with E-state index in [-0.39, 0.29) is 0 Å². The second-order valence-corrected chi connectivity index (χ2v) is 4.28. The van der Waals surface area contributed by atoms with Crippen LogP contribution in [0.5, 0.6) is 0 Å². The summed E-state index contributed by atoms with van der Waals surface area (Å²) in [7, 11) is 0. The molecule has 15 heavy (non-hydrogen) atoms. The highest BCUT2D eigenvalue weighted by molar-refractivity contribution is 7.71. The summed E-state index contributed by atoms with van der Waals surface area (Å²) in [6, 6.07) is 9.72. The number of benzene rings is 1. The first-order chi connectivity index (χ1) is 7.16. The summed E-state index contributed by atoms with van der Waals surface area (Å²) in [5.74, 6) is 0. The summed E-state index contributed by atoms with van der Waals surface area (Å²) >= 11 is 11.3. The minimum atomic E-state index is 0.687. The van der Waals surface area contributed by atoms with Crippen LogP contribution in [0.1, 0.15) is 11.3 Å². The van der Waals surface area contributed by atoms with Crippen molar-refractivity contribution in [3.05, 3.63) is 51.3 Å². The molecule has 1 aromatic heterocycles. The van der Waals surface area contributed by atoms with Crippen LogP contribution in [0.4, 0.5) is 0 Å². The molecular formula is C11H11ClN2S. The smallest absolute Gasteiger partial charge is 0.122 e. The number of halogens is 1. The molecule has 2 aromatic rings. The van der Waals surface area contributed by atoms with E-state index in [1.165, 1.54) is 0 Å². The quantitative estimate of drug-likeness (QED) is 0.794. The van der Waals surface area contributed by atoms with Crippen LogP contribution in [0.15, 0.2) is 30.3 Å². The molecule has 0 atom stereocenters. The standard InChI is InChI=1S/C11H11ClN2S/c1-8-6-11(15)14(13-8)7-9-4-2-3-5-10(9)12/h2-6,13H,7H2,1H3. The van der Waals surface area contributed by atoms with Crippen LogP contribution in [-0.4, -0.2) is 9.78 Å². The van der Waals surface area contributed by atoms with Gasteiger partial charge in [0.25, 0.3) is 0 Å². The predicted molar refractivity (Wildman–Crippen MR) is 64.9 cm³/mol. The third-order valence-corrected chi connectivity index (χ3v) is 2.91. The molecule has 0 bridgehead atoms. The van der Waals surface area contributed by atoms with Crippen molar-refractivity contribution in [2.75, 3.05) is 0 Å².